The van der Waals surface area contributed by atoms with Crippen molar-refractivity contribution >= 4 is 11.9 Å². The van der Waals surface area contributed by atoms with Crippen LogP contribution in [0.3, 0.4) is 0 Å². The van der Waals surface area contributed by atoms with Gasteiger partial charge < -0.3 is 21.1 Å². The molecule has 0 spiro atoms. The lowest BCUT2D eigenvalue weighted by Crippen LogP contribution is -2.60. The molecular weight excluding hydrogens is 476 g/mol. The van der Waals surface area contributed by atoms with E-state index in [0.29, 0.717) is 19.4 Å². The van der Waals surface area contributed by atoms with Gasteiger partial charge in [-0.25, -0.2) is 4.79 Å². The van der Waals surface area contributed by atoms with E-state index in [0.717, 1.165) is 40.8 Å². The van der Waals surface area contributed by atoms with Gasteiger partial charge in [-0.15, -0.1) is 0 Å². The number of hydrogen-bond donors (Lipinski definition) is 3. The van der Waals surface area contributed by atoms with Gasteiger partial charge in [-0.05, 0) is 62.8 Å². The Morgan fingerprint density at radius 2 is 1.71 bits per heavy atom. The van der Waals surface area contributed by atoms with Crippen LogP contribution in [0.15, 0.2) is 72.9 Å². The number of hydrogen-bond acceptors (Lipinski definition) is 4. The summed E-state index contributed by atoms with van der Waals surface area (Å²) in [6.07, 6.45) is 4.44. The summed E-state index contributed by atoms with van der Waals surface area (Å²) in [5.74, 6) is -0.307. The lowest BCUT2D eigenvalue weighted by atomic mass is 9.77. The van der Waals surface area contributed by atoms with E-state index in [4.69, 9.17) is 5.73 Å². The summed E-state index contributed by atoms with van der Waals surface area (Å²) in [4.78, 5) is 31.6. The van der Waals surface area contributed by atoms with Crippen molar-refractivity contribution in [2.45, 2.75) is 69.1 Å². The van der Waals surface area contributed by atoms with Crippen LogP contribution in [0.4, 0.5) is 4.79 Å². The average Bonchev–Trinajstić information content (AvgIpc) is 3.71. The molecule has 2 heterocycles. The first-order valence-corrected chi connectivity index (χ1v) is 13.3. The largest absolute Gasteiger partial charge is 0.390 e. The third kappa shape index (κ3) is 4.90. The van der Waals surface area contributed by atoms with Gasteiger partial charge in [-0.3, -0.25) is 9.78 Å². The van der Waals surface area contributed by atoms with Gasteiger partial charge in [-0.2, -0.15) is 0 Å². The molecule has 1 saturated carbocycles. The van der Waals surface area contributed by atoms with E-state index in [9.17, 15) is 14.7 Å². The second-order valence-electron chi connectivity index (χ2n) is 11.5. The molecule has 5 rings (SSSR count). The minimum absolute atomic E-state index is 0.120. The zero-order chi connectivity index (χ0) is 27.1. The Morgan fingerprint density at radius 1 is 1.05 bits per heavy atom. The molecule has 0 bridgehead atoms. The number of nitrogens with two attached hydrogens (primary N) is 1. The highest BCUT2D eigenvalue weighted by Crippen LogP contribution is 2.47. The molecule has 7 nitrogen and oxygen atoms in total. The Labute approximate surface area is 224 Å². The quantitative estimate of drug-likeness (QED) is 0.403. The highest BCUT2D eigenvalue weighted by atomic mass is 16.3. The van der Waals surface area contributed by atoms with Gasteiger partial charge in [0.2, 0.25) is 5.91 Å². The summed E-state index contributed by atoms with van der Waals surface area (Å²) in [7, 11) is 0. The first kappa shape index (κ1) is 25.9. The summed E-state index contributed by atoms with van der Waals surface area (Å²) in [5.41, 5.74) is 8.20. The number of aromatic nitrogens is 1. The molecule has 2 atom stereocenters. The highest BCUT2D eigenvalue weighted by Gasteiger charge is 2.51. The van der Waals surface area contributed by atoms with Crippen LogP contribution in [0.25, 0.3) is 11.1 Å². The molecule has 2 aromatic carbocycles. The summed E-state index contributed by atoms with van der Waals surface area (Å²) in [6, 6.07) is 21.7. The monoisotopic (exact) mass is 512 g/mol. The number of pyridine rings is 1. The van der Waals surface area contributed by atoms with E-state index in [-0.39, 0.29) is 18.0 Å². The maximum absolute atomic E-state index is 13.4. The fourth-order valence-corrected chi connectivity index (χ4v) is 5.80. The van der Waals surface area contributed by atoms with E-state index >= 15 is 0 Å². The molecule has 198 valence electrons. The molecule has 4 N–H and O–H groups in total. The van der Waals surface area contributed by atoms with Gasteiger partial charge in [0.05, 0.1) is 28.3 Å². The van der Waals surface area contributed by atoms with E-state index in [1.165, 1.54) is 0 Å². The van der Waals surface area contributed by atoms with Crippen LogP contribution >= 0.6 is 0 Å². The SMILES string of the molecule is C[C@@H](c1ccc(-c2ccc(C3(C(N)=O)CC3)nc2)cc1)N1CC[C@](CC(C)(C)O)(c2ccccc2)NC1=O. The fraction of sp³-hybridized carbons (Fsp3) is 0.387. The third-order valence-corrected chi connectivity index (χ3v) is 8.12. The second-order valence-corrected chi connectivity index (χ2v) is 11.5. The Hall–Kier alpha value is -3.71. The molecule has 7 heteroatoms. The fourth-order valence-electron chi connectivity index (χ4n) is 5.80. The van der Waals surface area contributed by atoms with Gasteiger partial charge in [-0.1, -0.05) is 60.7 Å². The Balaban J connectivity index is 1.30. The zero-order valence-electron chi connectivity index (χ0n) is 22.3. The lowest BCUT2D eigenvalue weighted by molar-refractivity contribution is -0.120. The number of aliphatic hydroxyl groups is 1. The smallest absolute Gasteiger partial charge is 0.318 e. The van der Waals surface area contributed by atoms with Gasteiger partial charge in [0.15, 0.2) is 0 Å². The van der Waals surface area contributed by atoms with Crippen molar-refractivity contribution < 1.29 is 14.7 Å². The summed E-state index contributed by atoms with van der Waals surface area (Å²) >= 11 is 0. The van der Waals surface area contributed by atoms with Crippen molar-refractivity contribution in [2.75, 3.05) is 6.54 Å². The number of benzene rings is 2. The van der Waals surface area contributed by atoms with Gasteiger partial charge in [0.1, 0.15) is 0 Å². The Kier molecular flexibility index (Phi) is 6.51. The lowest BCUT2D eigenvalue weighted by Gasteiger charge is -2.47. The molecule has 0 unspecified atom stereocenters. The molecule has 1 aliphatic carbocycles. The first-order valence-electron chi connectivity index (χ1n) is 13.3. The van der Waals surface area contributed by atoms with Crippen LogP contribution in [-0.2, 0) is 15.7 Å². The molecule has 1 aliphatic heterocycles. The molecule has 38 heavy (non-hydrogen) atoms. The number of rotatable bonds is 8. The van der Waals surface area contributed by atoms with Crippen molar-refractivity contribution in [2.24, 2.45) is 5.73 Å². The second kappa shape index (κ2) is 9.55. The number of nitrogens with zero attached hydrogens (tertiary/aromatic N) is 2. The van der Waals surface area contributed by atoms with Crippen molar-refractivity contribution in [3.05, 3.63) is 89.7 Å². The molecule has 0 radical (unpaired) electrons. The van der Waals surface area contributed by atoms with Crippen LogP contribution in [-0.4, -0.2) is 39.1 Å². The van der Waals surface area contributed by atoms with Gasteiger partial charge in [0.25, 0.3) is 0 Å². The molecule has 2 fully saturated rings. The molecular formula is C31H36N4O3. The number of primary amides is 1. The van der Waals surface area contributed by atoms with Crippen molar-refractivity contribution in [1.29, 1.82) is 0 Å². The summed E-state index contributed by atoms with van der Waals surface area (Å²) < 4.78 is 0. The van der Waals surface area contributed by atoms with E-state index in [1.807, 2.05) is 78.6 Å². The molecule has 2 aliphatic rings. The van der Waals surface area contributed by atoms with E-state index < -0.39 is 16.6 Å². The standard InChI is InChI=1S/C31H36N4O3/c1-21(35-18-17-31(34-28(35)37,20-29(2,3)38)25-7-5-4-6-8-25)22-9-11-23(12-10-22)24-13-14-26(33-19-24)30(15-16-30)27(32)36/h4-14,19,21,38H,15-18,20H2,1-3H3,(H2,32,36)(H,34,37)/t21-,31-/m0/s1. The summed E-state index contributed by atoms with van der Waals surface area (Å²) in [5, 5.41) is 13.9. The highest BCUT2D eigenvalue weighted by molar-refractivity contribution is 5.89. The minimum atomic E-state index is -0.932. The molecule has 1 saturated heterocycles. The third-order valence-electron chi connectivity index (χ3n) is 8.12. The maximum Gasteiger partial charge on any atom is 0.318 e. The summed E-state index contributed by atoms with van der Waals surface area (Å²) in [6.45, 7) is 6.18. The minimum Gasteiger partial charge on any atom is -0.390 e. The number of nitrogens with one attached hydrogen (secondary N) is 1. The van der Waals surface area contributed by atoms with Crippen molar-refractivity contribution in [1.82, 2.24) is 15.2 Å². The van der Waals surface area contributed by atoms with Crippen LogP contribution in [0, 0.1) is 0 Å². The number of urea groups is 1. The number of carbonyl (C=O) groups excluding carboxylic acids is 2. The van der Waals surface area contributed by atoms with Crippen molar-refractivity contribution in [3.8, 4) is 11.1 Å². The zero-order valence-corrected chi connectivity index (χ0v) is 22.3. The van der Waals surface area contributed by atoms with Crippen LogP contribution < -0.4 is 11.1 Å². The van der Waals surface area contributed by atoms with E-state index in [2.05, 4.69) is 10.3 Å². The van der Waals surface area contributed by atoms with Crippen LogP contribution in [0.1, 0.15) is 69.3 Å². The Morgan fingerprint density at radius 3 is 2.24 bits per heavy atom. The average molecular weight is 513 g/mol. The normalized spacial score (nSPS) is 21.5. The molecule has 3 amide bonds. The predicted octanol–water partition coefficient (Wildman–Crippen LogP) is 4.80. The molecule has 3 aromatic rings. The van der Waals surface area contributed by atoms with E-state index in [1.54, 1.807) is 20.0 Å². The van der Waals surface area contributed by atoms with Gasteiger partial charge in [0, 0.05) is 24.7 Å². The van der Waals surface area contributed by atoms with Crippen LogP contribution in [0.2, 0.25) is 0 Å². The van der Waals surface area contributed by atoms with Gasteiger partial charge >= 0.3 is 6.03 Å². The van der Waals surface area contributed by atoms with Crippen LogP contribution in [0.5, 0.6) is 0 Å². The predicted molar refractivity (Wildman–Crippen MR) is 147 cm³/mol. The first-order chi connectivity index (χ1) is 18.0. The maximum atomic E-state index is 13.4. The topological polar surface area (TPSA) is 109 Å². The number of amides is 3. The van der Waals surface area contributed by atoms with Crippen molar-refractivity contribution in [3.63, 3.8) is 0 Å². The molecule has 1 aromatic heterocycles. The number of carbonyl (C=O) groups is 2. The Bertz CT molecular complexity index is 1310.